The van der Waals surface area contributed by atoms with E-state index in [1.165, 1.54) is 44.4 Å². The molecule has 1 aliphatic carbocycles. The Balaban J connectivity index is 1.95. The second-order valence-corrected chi connectivity index (χ2v) is 6.14. The molecule has 0 N–H and O–H groups in total. The molecule has 2 aromatic rings. The van der Waals surface area contributed by atoms with Crippen molar-refractivity contribution in [1.82, 2.24) is 0 Å². The molecule has 0 bridgehead atoms. The van der Waals surface area contributed by atoms with Crippen LogP contribution in [0.5, 0.6) is 0 Å². The third-order valence-corrected chi connectivity index (χ3v) is 4.66. The molecule has 3 heteroatoms. The SMILES string of the molecule is Cc1c(F)cc(-c2ccc(C3CCCCC3)cc2F)cc1F. The highest BCUT2D eigenvalue weighted by molar-refractivity contribution is 5.65. The predicted molar refractivity (Wildman–Crippen MR) is 82.3 cm³/mol. The molecule has 0 spiro atoms. The van der Waals surface area contributed by atoms with Crippen LogP contribution in [-0.2, 0) is 0 Å². The van der Waals surface area contributed by atoms with Gasteiger partial charge in [0, 0.05) is 11.1 Å². The van der Waals surface area contributed by atoms with E-state index in [2.05, 4.69) is 0 Å². The highest BCUT2D eigenvalue weighted by Gasteiger charge is 2.18. The number of benzene rings is 2. The first-order valence-corrected chi connectivity index (χ1v) is 7.81. The molecule has 1 fully saturated rings. The van der Waals surface area contributed by atoms with Gasteiger partial charge in [-0.2, -0.15) is 0 Å². The lowest BCUT2D eigenvalue weighted by Gasteiger charge is -2.22. The second-order valence-electron chi connectivity index (χ2n) is 6.14. The average Bonchev–Trinajstić information content (AvgIpc) is 2.53. The summed E-state index contributed by atoms with van der Waals surface area (Å²) >= 11 is 0. The van der Waals surface area contributed by atoms with Gasteiger partial charge in [-0.25, -0.2) is 13.2 Å². The molecular formula is C19H19F3. The monoisotopic (exact) mass is 304 g/mol. The summed E-state index contributed by atoms with van der Waals surface area (Å²) in [5.74, 6) is -1.30. The number of hydrogen-bond acceptors (Lipinski definition) is 0. The molecule has 0 aromatic heterocycles. The van der Waals surface area contributed by atoms with Gasteiger partial charge in [-0.1, -0.05) is 31.4 Å². The third-order valence-electron chi connectivity index (χ3n) is 4.66. The molecule has 0 saturated heterocycles. The molecule has 0 amide bonds. The Morgan fingerprint density at radius 2 is 1.45 bits per heavy atom. The maximum Gasteiger partial charge on any atom is 0.131 e. The topological polar surface area (TPSA) is 0 Å². The molecule has 0 atom stereocenters. The van der Waals surface area contributed by atoms with Gasteiger partial charge in [-0.3, -0.25) is 0 Å². The quantitative estimate of drug-likeness (QED) is 0.626. The summed E-state index contributed by atoms with van der Waals surface area (Å²) in [4.78, 5) is 0. The van der Waals surface area contributed by atoms with Crippen molar-refractivity contribution in [3.63, 3.8) is 0 Å². The summed E-state index contributed by atoms with van der Waals surface area (Å²) in [5.41, 5.74) is 1.45. The summed E-state index contributed by atoms with van der Waals surface area (Å²) in [6, 6.07) is 7.45. The molecule has 0 radical (unpaired) electrons. The van der Waals surface area contributed by atoms with E-state index in [1.54, 1.807) is 6.07 Å². The Bertz CT molecular complexity index is 662. The Morgan fingerprint density at radius 1 is 0.818 bits per heavy atom. The van der Waals surface area contributed by atoms with Crippen LogP contribution in [0.1, 0.15) is 49.1 Å². The maximum absolute atomic E-state index is 14.4. The standard InChI is InChI=1S/C19H19F3/c1-12-17(20)10-15(11-18(12)21)16-8-7-14(9-19(16)22)13-5-3-2-4-6-13/h7-11,13H,2-6H2,1H3. The Hall–Kier alpha value is -1.77. The molecule has 0 unspecified atom stereocenters. The van der Waals surface area contributed by atoms with Crippen LogP contribution < -0.4 is 0 Å². The Kier molecular flexibility index (Phi) is 4.23. The second kappa shape index (κ2) is 6.15. The van der Waals surface area contributed by atoms with Gasteiger partial charge < -0.3 is 0 Å². The normalized spacial score (nSPS) is 16.0. The summed E-state index contributed by atoms with van der Waals surface area (Å²) in [5, 5.41) is 0. The van der Waals surface area contributed by atoms with Crippen LogP contribution in [0.4, 0.5) is 13.2 Å². The molecule has 2 aromatic carbocycles. The van der Waals surface area contributed by atoms with E-state index in [0.717, 1.165) is 18.4 Å². The van der Waals surface area contributed by atoms with Crippen LogP contribution in [0.3, 0.4) is 0 Å². The smallest absolute Gasteiger partial charge is 0.131 e. The average molecular weight is 304 g/mol. The summed E-state index contributed by atoms with van der Waals surface area (Å²) < 4.78 is 41.7. The van der Waals surface area contributed by atoms with E-state index in [9.17, 15) is 13.2 Å². The van der Waals surface area contributed by atoms with Gasteiger partial charge in [-0.15, -0.1) is 0 Å². The fraction of sp³-hybridized carbons (Fsp3) is 0.368. The van der Waals surface area contributed by atoms with E-state index in [1.807, 2.05) is 6.07 Å². The molecule has 116 valence electrons. The zero-order chi connectivity index (χ0) is 15.7. The molecule has 0 nitrogen and oxygen atoms in total. The molecule has 1 aliphatic rings. The summed E-state index contributed by atoms with van der Waals surface area (Å²) in [7, 11) is 0. The first-order chi connectivity index (χ1) is 10.6. The largest absolute Gasteiger partial charge is 0.207 e. The molecule has 1 saturated carbocycles. The maximum atomic E-state index is 14.4. The lowest BCUT2D eigenvalue weighted by Crippen LogP contribution is -2.05. The van der Waals surface area contributed by atoms with Gasteiger partial charge in [0.25, 0.3) is 0 Å². The highest BCUT2D eigenvalue weighted by atomic mass is 19.1. The minimum Gasteiger partial charge on any atom is -0.207 e. The van der Waals surface area contributed by atoms with Crippen LogP contribution in [0.2, 0.25) is 0 Å². The van der Waals surface area contributed by atoms with Crippen LogP contribution in [0.25, 0.3) is 11.1 Å². The fourth-order valence-corrected chi connectivity index (χ4v) is 3.26. The van der Waals surface area contributed by atoms with Crippen LogP contribution in [-0.4, -0.2) is 0 Å². The van der Waals surface area contributed by atoms with Gasteiger partial charge in [-0.05, 0) is 55.0 Å². The first kappa shape index (κ1) is 15.1. The van der Waals surface area contributed by atoms with Gasteiger partial charge in [0.05, 0.1) is 0 Å². The van der Waals surface area contributed by atoms with Crippen molar-refractivity contribution in [3.8, 4) is 11.1 Å². The first-order valence-electron chi connectivity index (χ1n) is 7.81. The molecule has 22 heavy (non-hydrogen) atoms. The van der Waals surface area contributed by atoms with Gasteiger partial charge in [0.2, 0.25) is 0 Å². The van der Waals surface area contributed by atoms with Gasteiger partial charge in [0.15, 0.2) is 0 Å². The van der Waals surface area contributed by atoms with E-state index in [4.69, 9.17) is 0 Å². The highest BCUT2D eigenvalue weighted by Crippen LogP contribution is 2.35. The van der Waals surface area contributed by atoms with Crippen molar-refractivity contribution < 1.29 is 13.2 Å². The van der Waals surface area contributed by atoms with E-state index in [0.29, 0.717) is 5.92 Å². The minimum absolute atomic E-state index is 0.0389. The zero-order valence-corrected chi connectivity index (χ0v) is 12.6. The van der Waals surface area contributed by atoms with Crippen molar-refractivity contribution in [2.45, 2.75) is 44.9 Å². The van der Waals surface area contributed by atoms with Crippen LogP contribution in [0, 0.1) is 24.4 Å². The van der Waals surface area contributed by atoms with Crippen molar-refractivity contribution in [3.05, 3.63) is 58.9 Å². The molecule has 0 aliphatic heterocycles. The van der Waals surface area contributed by atoms with Crippen molar-refractivity contribution in [2.24, 2.45) is 0 Å². The lowest BCUT2D eigenvalue weighted by atomic mass is 9.83. The van der Waals surface area contributed by atoms with Crippen molar-refractivity contribution in [1.29, 1.82) is 0 Å². The minimum atomic E-state index is -0.647. The van der Waals surface area contributed by atoms with Crippen LogP contribution in [0.15, 0.2) is 30.3 Å². The molecular weight excluding hydrogens is 285 g/mol. The fourth-order valence-electron chi connectivity index (χ4n) is 3.26. The van der Waals surface area contributed by atoms with Crippen molar-refractivity contribution >= 4 is 0 Å². The summed E-state index contributed by atoms with van der Waals surface area (Å²) in [6.45, 7) is 1.37. The van der Waals surface area contributed by atoms with Crippen molar-refractivity contribution in [2.75, 3.05) is 0 Å². The zero-order valence-electron chi connectivity index (χ0n) is 12.6. The predicted octanol–water partition coefficient (Wildman–Crippen LogP) is 6.13. The van der Waals surface area contributed by atoms with E-state index >= 15 is 0 Å². The Morgan fingerprint density at radius 3 is 2.05 bits per heavy atom. The lowest BCUT2D eigenvalue weighted by molar-refractivity contribution is 0.442. The van der Waals surface area contributed by atoms with Gasteiger partial charge >= 0.3 is 0 Å². The van der Waals surface area contributed by atoms with E-state index in [-0.39, 0.29) is 16.7 Å². The van der Waals surface area contributed by atoms with E-state index < -0.39 is 17.5 Å². The molecule has 0 heterocycles. The van der Waals surface area contributed by atoms with Crippen LogP contribution >= 0.6 is 0 Å². The summed E-state index contributed by atoms with van der Waals surface area (Å²) in [6.07, 6.45) is 5.79. The number of hydrogen-bond donors (Lipinski definition) is 0. The Labute approximate surface area is 129 Å². The third kappa shape index (κ3) is 2.90. The molecule has 3 rings (SSSR count). The number of halogens is 3. The number of rotatable bonds is 2. The van der Waals surface area contributed by atoms with Gasteiger partial charge in [0.1, 0.15) is 17.5 Å².